The molecule has 1 N–H and O–H groups in total. The van der Waals surface area contributed by atoms with Crippen LogP contribution in [0.3, 0.4) is 0 Å². The molecule has 0 radical (unpaired) electrons. The van der Waals surface area contributed by atoms with Gasteiger partial charge in [-0.05, 0) is 48.1 Å². The number of carboxylic acid groups (broad SMARTS) is 1. The summed E-state index contributed by atoms with van der Waals surface area (Å²) in [6, 6.07) is 22.8. The summed E-state index contributed by atoms with van der Waals surface area (Å²) < 4.78 is 0. The van der Waals surface area contributed by atoms with Gasteiger partial charge in [0.25, 0.3) is 5.69 Å². The van der Waals surface area contributed by atoms with Gasteiger partial charge in [0.1, 0.15) is 0 Å². The summed E-state index contributed by atoms with van der Waals surface area (Å²) >= 11 is 0. The number of non-ortho nitro benzene ring substituents is 1. The predicted octanol–water partition coefficient (Wildman–Crippen LogP) is 5.95. The first-order valence-corrected chi connectivity index (χ1v) is 10.5. The SMILES string of the molecule is CCC(CCc1ccccc1)(CC(=O)c1ccc(-c2ccc([N+](=O)[O-])cc2)cc1)C(=O)O. The van der Waals surface area contributed by atoms with Crippen molar-refractivity contribution in [1.29, 1.82) is 0 Å². The minimum absolute atomic E-state index is 0.0145. The van der Waals surface area contributed by atoms with Gasteiger partial charge < -0.3 is 5.11 Å². The van der Waals surface area contributed by atoms with Crippen LogP contribution in [0.4, 0.5) is 5.69 Å². The van der Waals surface area contributed by atoms with E-state index in [0.717, 1.165) is 16.7 Å². The highest BCUT2D eigenvalue weighted by molar-refractivity contribution is 5.99. The summed E-state index contributed by atoms with van der Waals surface area (Å²) in [5.74, 6) is -1.16. The summed E-state index contributed by atoms with van der Waals surface area (Å²) in [5, 5.41) is 20.8. The number of carboxylic acids is 1. The average Bonchev–Trinajstić information content (AvgIpc) is 2.82. The van der Waals surface area contributed by atoms with Gasteiger partial charge in [0.2, 0.25) is 0 Å². The molecule has 0 aliphatic heterocycles. The van der Waals surface area contributed by atoms with Gasteiger partial charge in [-0.2, -0.15) is 0 Å². The molecule has 6 heteroatoms. The van der Waals surface area contributed by atoms with E-state index < -0.39 is 16.3 Å². The van der Waals surface area contributed by atoms with E-state index in [1.165, 1.54) is 12.1 Å². The van der Waals surface area contributed by atoms with E-state index in [0.29, 0.717) is 24.8 Å². The van der Waals surface area contributed by atoms with Crippen LogP contribution in [0.15, 0.2) is 78.9 Å². The normalized spacial score (nSPS) is 12.7. The smallest absolute Gasteiger partial charge is 0.310 e. The van der Waals surface area contributed by atoms with Crippen molar-refractivity contribution in [2.75, 3.05) is 0 Å². The van der Waals surface area contributed by atoms with Crippen molar-refractivity contribution in [1.82, 2.24) is 0 Å². The van der Waals surface area contributed by atoms with Gasteiger partial charge >= 0.3 is 5.97 Å². The van der Waals surface area contributed by atoms with E-state index >= 15 is 0 Å². The number of aliphatic carboxylic acids is 1. The molecule has 6 nitrogen and oxygen atoms in total. The van der Waals surface area contributed by atoms with Crippen molar-refractivity contribution in [3.05, 3.63) is 100 Å². The number of nitrogens with zero attached hydrogens (tertiary/aromatic N) is 1. The van der Waals surface area contributed by atoms with Crippen LogP contribution in [0.25, 0.3) is 11.1 Å². The Balaban J connectivity index is 1.74. The molecule has 0 spiro atoms. The molecule has 1 unspecified atom stereocenters. The molecule has 0 aliphatic carbocycles. The Morgan fingerprint density at radius 2 is 1.47 bits per heavy atom. The highest BCUT2D eigenvalue weighted by Gasteiger charge is 2.38. The van der Waals surface area contributed by atoms with E-state index in [2.05, 4.69) is 0 Å². The quantitative estimate of drug-likeness (QED) is 0.243. The third-order valence-corrected chi connectivity index (χ3v) is 5.98. The molecule has 3 aromatic rings. The molecule has 0 saturated heterocycles. The van der Waals surface area contributed by atoms with Gasteiger partial charge in [-0.1, -0.05) is 61.5 Å². The van der Waals surface area contributed by atoms with Gasteiger partial charge in [-0.3, -0.25) is 19.7 Å². The zero-order valence-electron chi connectivity index (χ0n) is 17.9. The summed E-state index contributed by atoms with van der Waals surface area (Å²) in [5.41, 5.74) is 2.01. The van der Waals surface area contributed by atoms with Gasteiger partial charge in [0.05, 0.1) is 10.3 Å². The first kappa shape index (κ1) is 22.9. The maximum Gasteiger partial charge on any atom is 0.310 e. The first-order valence-electron chi connectivity index (χ1n) is 10.5. The maximum atomic E-state index is 13.0. The summed E-state index contributed by atoms with van der Waals surface area (Å²) in [6.45, 7) is 1.81. The van der Waals surface area contributed by atoms with E-state index in [1.54, 1.807) is 36.4 Å². The Bertz CT molecular complexity index is 1090. The Morgan fingerprint density at radius 1 is 0.906 bits per heavy atom. The van der Waals surface area contributed by atoms with Crippen molar-refractivity contribution >= 4 is 17.4 Å². The number of nitro benzene ring substituents is 1. The zero-order valence-corrected chi connectivity index (χ0v) is 17.9. The van der Waals surface area contributed by atoms with Gasteiger partial charge in [-0.25, -0.2) is 0 Å². The number of nitro groups is 1. The van der Waals surface area contributed by atoms with Crippen LogP contribution in [-0.4, -0.2) is 21.8 Å². The highest BCUT2D eigenvalue weighted by Crippen LogP contribution is 2.34. The number of Topliss-reactive ketones (excluding diaryl/α,β-unsaturated/α-hetero) is 1. The highest BCUT2D eigenvalue weighted by atomic mass is 16.6. The third kappa shape index (κ3) is 5.27. The molecule has 1 atom stereocenters. The Kier molecular flexibility index (Phi) is 7.15. The second kappa shape index (κ2) is 10.0. The van der Waals surface area contributed by atoms with Crippen molar-refractivity contribution in [3.8, 4) is 11.1 Å². The first-order chi connectivity index (χ1) is 15.3. The van der Waals surface area contributed by atoms with Crippen molar-refractivity contribution < 1.29 is 19.6 Å². The number of carbonyl (C=O) groups excluding carboxylic acids is 1. The number of carbonyl (C=O) groups is 2. The topological polar surface area (TPSA) is 97.5 Å². The molecule has 3 aromatic carbocycles. The molecule has 0 heterocycles. The minimum Gasteiger partial charge on any atom is -0.481 e. The largest absolute Gasteiger partial charge is 0.481 e. The van der Waals surface area contributed by atoms with Crippen LogP contribution in [0.5, 0.6) is 0 Å². The molecular formula is C26H25NO5. The third-order valence-electron chi connectivity index (χ3n) is 5.98. The summed E-state index contributed by atoms with van der Waals surface area (Å²) in [6.07, 6.45) is 1.27. The molecule has 0 bridgehead atoms. The number of aryl methyl sites for hydroxylation is 1. The summed E-state index contributed by atoms with van der Waals surface area (Å²) in [4.78, 5) is 35.5. The lowest BCUT2D eigenvalue weighted by molar-refractivity contribution is -0.384. The van der Waals surface area contributed by atoms with E-state index in [9.17, 15) is 24.8 Å². The number of hydrogen-bond donors (Lipinski definition) is 1. The molecule has 0 aliphatic rings. The maximum absolute atomic E-state index is 13.0. The van der Waals surface area contributed by atoms with Crippen LogP contribution in [0.1, 0.15) is 42.1 Å². The number of rotatable bonds is 10. The van der Waals surface area contributed by atoms with Gasteiger partial charge in [-0.15, -0.1) is 0 Å². The predicted molar refractivity (Wildman–Crippen MR) is 123 cm³/mol. The lowest BCUT2D eigenvalue weighted by atomic mass is 9.75. The van der Waals surface area contributed by atoms with Crippen molar-refractivity contribution in [2.24, 2.45) is 5.41 Å². The van der Waals surface area contributed by atoms with Crippen LogP contribution >= 0.6 is 0 Å². The Morgan fingerprint density at radius 3 is 1.97 bits per heavy atom. The fourth-order valence-electron chi connectivity index (χ4n) is 3.79. The van der Waals surface area contributed by atoms with Crippen LogP contribution < -0.4 is 0 Å². The van der Waals surface area contributed by atoms with Crippen LogP contribution in [-0.2, 0) is 11.2 Å². The monoisotopic (exact) mass is 431 g/mol. The molecule has 32 heavy (non-hydrogen) atoms. The van der Waals surface area contributed by atoms with E-state index in [-0.39, 0.29) is 17.9 Å². The molecule has 0 fully saturated rings. The zero-order chi connectivity index (χ0) is 23.1. The van der Waals surface area contributed by atoms with Crippen LogP contribution in [0, 0.1) is 15.5 Å². The second-order valence-corrected chi connectivity index (χ2v) is 7.91. The molecular weight excluding hydrogens is 406 g/mol. The van der Waals surface area contributed by atoms with Gasteiger partial charge in [0.15, 0.2) is 5.78 Å². The standard InChI is InChI=1S/C26H25NO5/c1-2-26(25(29)30,17-16-19-6-4-3-5-7-19)18-24(28)22-10-8-20(9-11-22)21-12-14-23(15-13-21)27(31)32/h3-15H,2,16-18H2,1H3,(H,29,30). The minimum atomic E-state index is -1.12. The number of ketones is 1. The van der Waals surface area contributed by atoms with E-state index in [4.69, 9.17) is 0 Å². The molecule has 3 rings (SSSR count). The lowest BCUT2D eigenvalue weighted by Gasteiger charge is -2.27. The molecule has 0 amide bonds. The Hall–Kier alpha value is -3.80. The number of benzene rings is 3. The number of hydrogen-bond acceptors (Lipinski definition) is 4. The molecule has 0 saturated carbocycles. The molecule has 164 valence electrons. The van der Waals surface area contributed by atoms with Crippen molar-refractivity contribution in [3.63, 3.8) is 0 Å². The molecule has 0 aromatic heterocycles. The fourth-order valence-corrected chi connectivity index (χ4v) is 3.79. The van der Waals surface area contributed by atoms with Crippen molar-refractivity contribution in [2.45, 2.75) is 32.6 Å². The van der Waals surface area contributed by atoms with Crippen LogP contribution in [0.2, 0.25) is 0 Å². The average molecular weight is 431 g/mol. The summed E-state index contributed by atoms with van der Waals surface area (Å²) in [7, 11) is 0. The second-order valence-electron chi connectivity index (χ2n) is 7.91. The lowest BCUT2D eigenvalue weighted by Crippen LogP contribution is -2.33. The van der Waals surface area contributed by atoms with E-state index in [1.807, 2.05) is 37.3 Å². The fraction of sp³-hybridized carbons (Fsp3) is 0.231. The van der Waals surface area contributed by atoms with Gasteiger partial charge in [0, 0.05) is 24.1 Å². The Labute approximate surface area is 186 Å².